The molecule has 0 aromatic rings. The molecule has 0 unspecified atom stereocenters. The quantitative estimate of drug-likeness (QED) is 0.0671. The van der Waals surface area contributed by atoms with Crippen molar-refractivity contribution in [2.24, 2.45) is 0 Å². The molecular formula is C28H52O4. The largest absolute Gasteiger partial charge is 0.355 e. The van der Waals surface area contributed by atoms with Gasteiger partial charge in [0.1, 0.15) is 0 Å². The van der Waals surface area contributed by atoms with Crippen molar-refractivity contribution >= 4 is 11.9 Å². The summed E-state index contributed by atoms with van der Waals surface area (Å²) in [5, 5.41) is 0. The maximum absolute atomic E-state index is 11.6. The molecule has 0 aromatic carbocycles. The van der Waals surface area contributed by atoms with Gasteiger partial charge in [0, 0.05) is 0 Å². The molecule has 0 heterocycles. The number of hydrogen-bond acceptors (Lipinski definition) is 4. The highest BCUT2D eigenvalue weighted by molar-refractivity contribution is 5.72. The molecular weight excluding hydrogens is 400 g/mol. The van der Waals surface area contributed by atoms with E-state index in [-0.39, 0.29) is 0 Å². The Labute approximate surface area is 198 Å². The van der Waals surface area contributed by atoms with Crippen molar-refractivity contribution in [1.29, 1.82) is 0 Å². The van der Waals surface area contributed by atoms with Crippen molar-refractivity contribution in [3.63, 3.8) is 0 Å². The number of rotatable bonds is 23. The third-order valence-electron chi connectivity index (χ3n) is 5.85. The number of carbonyl (C=O) groups excluding carboxylic acids is 2. The monoisotopic (exact) mass is 452 g/mol. The number of allylic oxidation sites excluding steroid dienone is 2. The van der Waals surface area contributed by atoms with Crippen molar-refractivity contribution in [3.8, 4) is 0 Å². The van der Waals surface area contributed by atoms with E-state index in [9.17, 15) is 9.59 Å². The van der Waals surface area contributed by atoms with E-state index >= 15 is 0 Å². The molecule has 0 atom stereocenters. The summed E-state index contributed by atoms with van der Waals surface area (Å²) in [5.41, 5.74) is 0. The van der Waals surface area contributed by atoms with E-state index in [2.05, 4.69) is 35.8 Å². The van der Waals surface area contributed by atoms with Crippen LogP contribution in [0.15, 0.2) is 12.2 Å². The fraction of sp³-hybridized carbons (Fsp3) is 0.857. The van der Waals surface area contributed by atoms with Crippen LogP contribution in [0.4, 0.5) is 0 Å². The summed E-state index contributed by atoms with van der Waals surface area (Å²) in [4.78, 5) is 32.5. The van der Waals surface area contributed by atoms with Gasteiger partial charge in [-0.2, -0.15) is 0 Å². The minimum atomic E-state index is -0.435. The van der Waals surface area contributed by atoms with Crippen LogP contribution >= 0.6 is 0 Å². The van der Waals surface area contributed by atoms with Gasteiger partial charge in [0.25, 0.3) is 0 Å². The Morgan fingerprint density at radius 2 is 0.781 bits per heavy atom. The first-order valence-electron chi connectivity index (χ1n) is 13.8. The standard InChI is InChI=1S/C28H52O4/c1-3-5-7-9-11-12-13-14-15-16-17-18-20-22-24-26-28(30)32-31-27(29)25-23-21-19-10-8-6-4-2/h14-15H,3-13,16-26H2,1-2H3/b15-14-. The van der Waals surface area contributed by atoms with Crippen LogP contribution in [0.2, 0.25) is 0 Å². The molecule has 0 rings (SSSR count). The molecule has 32 heavy (non-hydrogen) atoms. The average molecular weight is 453 g/mol. The van der Waals surface area contributed by atoms with Crippen LogP contribution in [-0.4, -0.2) is 11.9 Å². The van der Waals surface area contributed by atoms with Crippen molar-refractivity contribution in [3.05, 3.63) is 12.2 Å². The molecule has 0 fully saturated rings. The second-order valence-corrected chi connectivity index (χ2v) is 9.12. The summed E-state index contributed by atoms with van der Waals surface area (Å²) in [6.45, 7) is 4.46. The SMILES string of the molecule is CCCCCCCC/C=C\CCCCCCCC(=O)OOC(=O)CCCCCCCCC. The molecule has 0 bridgehead atoms. The molecule has 0 saturated heterocycles. The van der Waals surface area contributed by atoms with Crippen molar-refractivity contribution in [2.45, 2.75) is 155 Å². The second-order valence-electron chi connectivity index (χ2n) is 9.12. The number of carbonyl (C=O) groups is 2. The van der Waals surface area contributed by atoms with E-state index in [0.717, 1.165) is 44.9 Å². The molecule has 0 aliphatic rings. The Morgan fingerprint density at radius 1 is 0.469 bits per heavy atom. The predicted molar refractivity (Wildman–Crippen MR) is 134 cm³/mol. The zero-order chi connectivity index (χ0) is 23.5. The average Bonchev–Trinajstić information content (AvgIpc) is 2.79. The molecule has 4 nitrogen and oxygen atoms in total. The van der Waals surface area contributed by atoms with Gasteiger partial charge < -0.3 is 0 Å². The smallest absolute Gasteiger partial charge is 0.247 e. The van der Waals surface area contributed by atoms with Gasteiger partial charge in [0.2, 0.25) is 0 Å². The van der Waals surface area contributed by atoms with E-state index in [4.69, 9.17) is 0 Å². The van der Waals surface area contributed by atoms with Crippen LogP contribution in [0.5, 0.6) is 0 Å². The fourth-order valence-electron chi connectivity index (χ4n) is 3.74. The summed E-state index contributed by atoms with van der Waals surface area (Å²) < 4.78 is 0. The minimum absolute atomic E-state index is 0.322. The number of hydrogen-bond donors (Lipinski definition) is 0. The Hall–Kier alpha value is -1.32. The van der Waals surface area contributed by atoms with Crippen molar-refractivity contribution in [2.75, 3.05) is 0 Å². The first-order chi connectivity index (χ1) is 15.7. The van der Waals surface area contributed by atoms with E-state index in [1.807, 2.05) is 0 Å². The third kappa shape index (κ3) is 24.9. The first-order valence-corrected chi connectivity index (χ1v) is 13.8. The van der Waals surface area contributed by atoms with E-state index < -0.39 is 11.9 Å². The second kappa shape index (κ2) is 25.9. The third-order valence-corrected chi connectivity index (χ3v) is 5.85. The van der Waals surface area contributed by atoms with Crippen LogP contribution < -0.4 is 0 Å². The fourth-order valence-corrected chi connectivity index (χ4v) is 3.74. The van der Waals surface area contributed by atoms with E-state index in [0.29, 0.717) is 12.8 Å². The van der Waals surface area contributed by atoms with Gasteiger partial charge in [0.05, 0.1) is 12.8 Å². The van der Waals surface area contributed by atoms with E-state index in [1.165, 1.54) is 83.5 Å². The number of unbranched alkanes of at least 4 members (excludes halogenated alkanes) is 17. The molecule has 0 aliphatic carbocycles. The highest BCUT2D eigenvalue weighted by atomic mass is 17.2. The molecule has 0 aliphatic heterocycles. The van der Waals surface area contributed by atoms with Crippen LogP contribution in [0, 0.1) is 0 Å². The van der Waals surface area contributed by atoms with Gasteiger partial charge in [-0.15, -0.1) is 0 Å². The van der Waals surface area contributed by atoms with Crippen LogP contribution in [0.3, 0.4) is 0 Å². The summed E-state index contributed by atoms with van der Waals surface area (Å²) >= 11 is 0. The van der Waals surface area contributed by atoms with Gasteiger partial charge >= 0.3 is 11.9 Å². The van der Waals surface area contributed by atoms with Gasteiger partial charge in [-0.25, -0.2) is 19.4 Å². The Morgan fingerprint density at radius 3 is 1.16 bits per heavy atom. The highest BCUT2D eigenvalue weighted by Crippen LogP contribution is 2.11. The molecule has 4 heteroatoms. The van der Waals surface area contributed by atoms with Crippen LogP contribution in [0.1, 0.15) is 155 Å². The van der Waals surface area contributed by atoms with Gasteiger partial charge in [-0.1, -0.05) is 116 Å². The molecule has 188 valence electrons. The Kier molecular flexibility index (Phi) is 24.9. The molecule has 0 radical (unpaired) electrons. The van der Waals surface area contributed by atoms with Crippen molar-refractivity contribution < 1.29 is 19.4 Å². The zero-order valence-electron chi connectivity index (χ0n) is 21.3. The van der Waals surface area contributed by atoms with Crippen LogP contribution in [-0.2, 0) is 19.4 Å². The van der Waals surface area contributed by atoms with Crippen LogP contribution in [0.25, 0.3) is 0 Å². The normalized spacial score (nSPS) is 11.2. The highest BCUT2D eigenvalue weighted by Gasteiger charge is 2.09. The molecule has 0 saturated carbocycles. The summed E-state index contributed by atoms with van der Waals surface area (Å²) in [7, 11) is 0. The van der Waals surface area contributed by atoms with Gasteiger partial charge in [-0.05, 0) is 38.5 Å². The predicted octanol–water partition coefficient (Wildman–Crippen LogP) is 9.17. The first kappa shape index (κ1) is 30.7. The van der Waals surface area contributed by atoms with Gasteiger partial charge in [0.15, 0.2) is 0 Å². The zero-order valence-corrected chi connectivity index (χ0v) is 21.3. The summed E-state index contributed by atoms with van der Waals surface area (Å²) in [5.74, 6) is -0.869. The lowest BCUT2D eigenvalue weighted by Crippen LogP contribution is -2.11. The van der Waals surface area contributed by atoms with E-state index in [1.54, 1.807) is 0 Å². The topological polar surface area (TPSA) is 52.6 Å². The lowest BCUT2D eigenvalue weighted by atomic mass is 10.1. The Balaban J connectivity index is 3.33. The summed E-state index contributed by atoms with van der Waals surface area (Å²) in [6.07, 6.45) is 29.2. The molecule has 0 N–H and O–H groups in total. The lowest BCUT2D eigenvalue weighted by Gasteiger charge is -2.04. The van der Waals surface area contributed by atoms with Gasteiger partial charge in [-0.3, -0.25) is 0 Å². The lowest BCUT2D eigenvalue weighted by molar-refractivity contribution is -0.259. The molecule has 0 aromatic heterocycles. The Bertz CT molecular complexity index is 445. The van der Waals surface area contributed by atoms with Crippen molar-refractivity contribution in [1.82, 2.24) is 0 Å². The maximum atomic E-state index is 11.6. The molecule has 0 spiro atoms. The molecule has 0 amide bonds. The summed E-state index contributed by atoms with van der Waals surface area (Å²) in [6, 6.07) is 0. The maximum Gasteiger partial charge on any atom is 0.355 e. The minimum Gasteiger partial charge on any atom is -0.247 e.